The third-order valence-electron chi connectivity index (χ3n) is 1.74. The van der Waals surface area contributed by atoms with Crippen LogP contribution < -0.4 is 5.32 Å². The molecule has 1 N–H and O–H groups in total. The molecule has 0 aromatic carbocycles. The van der Waals surface area contributed by atoms with Crippen LogP contribution in [0.15, 0.2) is 0 Å². The average molecular weight is 210 g/mol. The van der Waals surface area contributed by atoms with Gasteiger partial charge in [0.05, 0.1) is 12.1 Å². The fourth-order valence-corrected chi connectivity index (χ4v) is 0.731. The van der Waals surface area contributed by atoms with Crippen molar-refractivity contribution in [2.75, 3.05) is 13.7 Å². The second-order valence-corrected chi connectivity index (χ2v) is 2.81. The predicted octanol–water partition coefficient (Wildman–Crippen LogP) is 1.46. The summed E-state index contributed by atoms with van der Waals surface area (Å²) in [5.74, 6) is 0. The molecule has 0 aliphatic heterocycles. The SMILES string of the molecule is CNC(C#N)CCOC(C)C(F)(F)F. The Morgan fingerprint density at radius 2 is 2.07 bits per heavy atom. The van der Waals surface area contributed by atoms with E-state index >= 15 is 0 Å². The van der Waals surface area contributed by atoms with E-state index in [4.69, 9.17) is 5.26 Å². The van der Waals surface area contributed by atoms with Crippen LogP contribution in [0.5, 0.6) is 0 Å². The minimum Gasteiger partial charge on any atom is -0.369 e. The van der Waals surface area contributed by atoms with Crippen LogP contribution in [-0.2, 0) is 4.74 Å². The minimum absolute atomic E-state index is 0.0836. The van der Waals surface area contributed by atoms with Crippen molar-refractivity contribution in [3.8, 4) is 6.07 Å². The highest BCUT2D eigenvalue weighted by Gasteiger charge is 2.36. The van der Waals surface area contributed by atoms with Gasteiger partial charge in [0.25, 0.3) is 0 Å². The first-order valence-corrected chi connectivity index (χ1v) is 4.17. The number of nitriles is 1. The molecule has 0 bridgehead atoms. The monoisotopic (exact) mass is 210 g/mol. The summed E-state index contributed by atoms with van der Waals surface area (Å²) in [5, 5.41) is 11.1. The molecule has 2 atom stereocenters. The average Bonchev–Trinajstić information content (AvgIpc) is 2.10. The molecule has 0 aromatic heterocycles. The zero-order valence-electron chi connectivity index (χ0n) is 8.06. The van der Waals surface area contributed by atoms with E-state index in [9.17, 15) is 13.2 Å². The number of hydrogen-bond acceptors (Lipinski definition) is 3. The predicted molar refractivity (Wildman–Crippen MR) is 44.5 cm³/mol. The number of alkyl halides is 3. The lowest BCUT2D eigenvalue weighted by Crippen LogP contribution is -2.31. The van der Waals surface area contributed by atoms with Crippen molar-refractivity contribution >= 4 is 0 Å². The topological polar surface area (TPSA) is 45.0 Å². The van der Waals surface area contributed by atoms with Crippen molar-refractivity contribution in [2.24, 2.45) is 0 Å². The molecule has 0 rings (SSSR count). The molecule has 0 spiro atoms. The van der Waals surface area contributed by atoms with Crippen molar-refractivity contribution in [1.82, 2.24) is 5.32 Å². The largest absolute Gasteiger partial charge is 0.414 e. The van der Waals surface area contributed by atoms with E-state index in [1.165, 1.54) is 0 Å². The zero-order valence-corrected chi connectivity index (χ0v) is 8.06. The maximum Gasteiger partial charge on any atom is 0.414 e. The molecule has 0 saturated carbocycles. The molecular weight excluding hydrogens is 197 g/mol. The fraction of sp³-hybridized carbons (Fsp3) is 0.875. The van der Waals surface area contributed by atoms with Crippen LogP contribution in [0.2, 0.25) is 0 Å². The zero-order chi connectivity index (χ0) is 11.2. The Labute approximate surface area is 80.8 Å². The van der Waals surface area contributed by atoms with E-state index in [1.807, 2.05) is 6.07 Å². The molecule has 82 valence electrons. The number of nitrogens with one attached hydrogen (secondary N) is 1. The van der Waals surface area contributed by atoms with Gasteiger partial charge in [-0.2, -0.15) is 18.4 Å². The van der Waals surface area contributed by atoms with Crippen LogP contribution in [0.25, 0.3) is 0 Å². The molecule has 14 heavy (non-hydrogen) atoms. The van der Waals surface area contributed by atoms with Crippen molar-refractivity contribution in [3.05, 3.63) is 0 Å². The first-order valence-electron chi connectivity index (χ1n) is 4.17. The Hall–Kier alpha value is -0.800. The van der Waals surface area contributed by atoms with Gasteiger partial charge >= 0.3 is 6.18 Å². The summed E-state index contributed by atoms with van der Waals surface area (Å²) < 4.78 is 40.3. The number of halogens is 3. The Balaban J connectivity index is 3.70. The van der Waals surface area contributed by atoms with E-state index in [0.29, 0.717) is 0 Å². The molecule has 0 saturated heterocycles. The number of ether oxygens (including phenoxy) is 1. The van der Waals surface area contributed by atoms with Gasteiger partial charge in [-0.3, -0.25) is 0 Å². The first kappa shape index (κ1) is 13.2. The van der Waals surface area contributed by atoms with Gasteiger partial charge in [0, 0.05) is 6.61 Å². The van der Waals surface area contributed by atoms with E-state index in [0.717, 1.165) is 6.92 Å². The fourth-order valence-electron chi connectivity index (χ4n) is 0.731. The molecule has 3 nitrogen and oxygen atoms in total. The van der Waals surface area contributed by atoms with Crippen LogP contribution in [0.1, 0.15) is 13.3 Å². The van der Waals surface area contributed by atoms with Crippen LogP contribution in [0.3, 0.4) is 0 Å². The molecule has 0 fully saturated rings. The molecule has 0 amide bonds. The van der Waals surface area contributed by atoms with Crippen molar-refractivity contribution in [3.63, 3.8) is 0 Å². The second-order valence-electron chi connectivity index (χ2n) is 2.81. The van der Waals surface area contributed by atoms with Gasteiger partial charge in [0.2, 0.25) is 0 Å². The summed E-state index contributed by atoms with van der Waals surface area (Å²) in [6.07, 6.45) is -5.87. The lowest BCUT2D eigenvalue weighted by molar-refractivity contribution is -0.214. The quantitative estimate of drug-likeness (QED) is 0.747. The molecule has 0 radical (unpaired) electrons. The highest BCUT2D eigenvalue weighted by molar-refractivity contribution is 4.88. The molecule has 0 aromatic rings. The molecule has 2 unspecified atom stereocenters. The van der Waals surface area contributed by atoms with Crippen molar-refractivity contribution < 1.29 is 17.9 Å². The summed E-state index contributed by atoms with van der Waals surface area (Å²) in [5.41, 5.74) is 0. The van der Waals surface area contributed by atoms with Gasteiger partial charge in [-0.15, -0.1) is 0 Å². The third kappa shape index (κ3) is 5.04. The molecular formula is C8H13F3N2O. The van der Waals surface area contributed by atoms with Gasteiger partial charge in [-0.25, -0.2) is 0 Å². The Bertz CT molecular complexity index is 200. The Morgan fingerprint density at radius 1 is 1.50 bits per heavy atom. The summed E-state index contributed by atoms with van der Waals surface area (Å²) in [4.78, 5) is 0. The van der Waals surface area contributed by atoms with Crippen LogP contribution in [0.4, 0.5) is 13.2 Å². The molecule has 0 aliphatic rings. The molecule has 0 aliphatic carbocycles. The summed E-state index contributed by atoms with van der Waals surface area (Å²) >= 11 is 0. The minimum atomic E-state index is -4.33. The van der Waals surface area contributed by atoms with Crippen molar-refractivity contribution in [1.29, 1.82) is 5.26 Å². The van der Waals surface area contributed by atoms with Gasteiger partial charge < -0.3 is 10.1 Å². The van der Waals surface area contributed by atoms with Gasteiger partial charge in [-0.1, -0.05) is 0 Å². The molecule has 6 heteroatoms. The van der Waals surface area contributed by atoms with Gasteiger partial charge in [0.15, 0.2) is 6.10 Å². The maximum atomic E-state index is 11.9. The summed E-state index contributed by atoms with van der Waals surface area (Å²) in [6.45, 7) is 0.862. The highest BCUT2D eigenvalue weighted by atomic mass is 19.4. The third-order valence-corrected chi connectivity index (χ3v) is 1.74. The molecule has 0 heterocycles. The number of nitrogens with zero attached hydrogens (tertiary/aromatic N) is 1. The lowest BCUT2D eigenvalue weighted by atomic mass is 10.2. The van der Waals surface area contributed by atoms with Gasteiger partial charge in [-0.05, 0) is 20.4 Å². The number of hydrogen-bond donors (Lipinski definition) is 1. The lowest BCUT2D eigenvalue weighted by Gasteiger charge is -2.17. The Morgan fingerprint density at radius 3 is 2.43 bits per heavy atom. The van der Waals surface area contributed by atoms with Crippen molar-refractivity contribution in [2.45, 2.75) is 31.7 Å². The maximum absolute atomic E-state index is 11.9. The van der Waals surface area contributed by atoms with E-state index in [1.54, 1.807) is 7.05 Å². The first-order chi connectivity index (χ1) is 6.41. The standard InChI is InChI=1S/C8H13F3N2O/c1-6(8(9,10)11)14-4-3-7(5-12)13-2/h6-7,13H,3-4H2,1-2H3. The van der Waals surface area contributed by atoms with E-state index in [-0.39, 0.29) is 13.0 Å². The normalized spacial score (nSPS) is 16.0. The smallest absolute Gasteiger partial charge is 0.369 e. The Kier molecular flexibility index (Phi) is 5.50. The van der Waals surface area contributed by atoms with Crippen LogP contribution >= 0.6 is 0 Å². The summed E-state index contributed by atoms with van der Waals surface area (Å²) in [6, 6.07) is 1.43. The van der Waals surface area contributed by atoms with E-state index in [2.05, 4.69) is 10.1 Å². The highest BCUT2D eigenvalue weighted by Crippen LogP contribution is 2.22. The van der Waals surface area contributed by atoms with Crippen LogP contribution in [-0.4, -0.2) is 32.0 Å². The van der Waals surface area contributed by atoms with Gasteiger partial charge in [0.1, 0.15) is 0 Å². The van der Waals surface area contributed by atoms with Crippen LogP contribution in [0, 0.1) is 11.3 Å². The van der Waals surface area contributed by atoms with E-state index < -0.39 is 18.3 Å². The summed E-state index contributed by atoms with van der Waals surface area (Å²) in [7, 11) is 1.57. The number of rotatable bonds is 5. The second kappa shape index (κ2) is 5.83.